The van der Waals surface area contributed by atoms with Crippen molar-refractivity contribution in [3.8, 4) is 0 Å². The molecule has 0 saturated carbocycles. The first-order valence-corrected chi connectivity index (χ1v) is 10.0. The summed E-state index contributed by atoms with van der Waals surface area (Å²) >= 11 is 1.40. The van der Waals surface area contributed by atoms with E-state index in [-0.39, 0.29) is 23.1 Å². The van der Waals surface area contributed by atoms with Crippen molar-refractivity contribution in [1.29, 1.82) is 0 Å². The molecule has 2 amide bonds. The van der Waals surface area contributed by atoms with Gasteiger partial charge in [-0.3, -0.25) is 24.6 Å². The lowest BCUT2D eigenvalue weighted by Crippen LogP contribution is -2.48. The third-order valence-corrected chi connectivity index (χ3v) is 5.92. The number of nitro groups is 1. The molecule has 154 valence electrons. The summed E-state index contributed by atoms with van der Waals surface area (Å²) < 4.78 is 0. The monoisotopic (exact) mass is 417 g/mol. The highest BCUT2D eigenvalue weighted by molar-refractivity contribution is 7.13. The van der Waals surface area contributed by atoms with E-state index in [9.17, 15) is 19.7 Å². The van der Waals surface area contributed by atoms with Gasteiger partial charge >= 0.3 is 0 Å². The van der Waals surface area contributed by atoms with Gasteiger partial charge in [0.1, 0.15) is 15.4 Å². The second kappa shape index (κ2) is 8.66. The molecule has 0 N–H and O–H groups in total. The van der Waals surface area contributed by atoms with E-state index in [0.717, 1.165) is 10.7 Å². The van der Waals surface area contributed by atoms with Gasteiger partial charge in [0.15, 0.2) is 0 Å². The first-order chi connectivity index (χ1) is 13.8. The zero-order chi connectivity index (χ0) is 21.1. The van der Waals surface area contributed by atoms with E-state index in [1.54, 1.807) is 31.1 Å². The lowest BCUT2D eigenvalue weighted by atomic mass is 10.1. The van der Waals surface area contributed by atoms with Gasteiger partial charge in [-0.2, -0.15) is 0 Å². The van der Waals surface area contributed by atoms with Crippen molar-refractivity contribution in [2.75, 3.05) is 40.3 Å². The van der Waals surface area contributed by atoms with Gasteiger partial charge in [-0.25, -0.2) is 4.98 Å². The van der Waals surface area contributed by atoms with Crippen LogP contribution in [0.5, 0.6) is 0 Å². The number of hydrogen-bond donors (Lipinski definition) is 0. The van der Waals surface area contributed by atoms with Crippen LogP contribution in [0.15, 0.2) is 24.3 Å². The van der Waals surface area contributed by atoms with E-state index in [1.165, 1.54) is 28.4 Å². The van der Waals surface area contributed by atoms with Gasteiger partial charge < -0.3 is 9.80 Å². The molecule has 0 aliphatic carbocycles. The van der Waals surface area contributed by atoms with Crippen LogP contribution in [-0.4, -0.2) is 76.7 Å². The van der Waals surface area contributed by atoms with E-state index >= 15 is 0 Å². The van der Waals surface area contributed by atoms with Crippen molar-refractivity contribution in [3.63, 3.8) is 0 Å². The predicted molar refractivity (Wildman–Crippen MR) is 109 cm³/mol. The maximum atomic E-state index is 12.7. The van der Waals surface area contributed by atoms with Crippen molar-refractivity contribution in [2.45, 2.75) is 13.5 Å². The van der Waals surface area contributed by atoms with Gasteiger partial charge in [-0.15, -0.1) is 11.3 Å². The SMILES string of the molecule is Cc1nc(CN2CCN(C(=O)c3ccccc3[N+](=O)[O-])CC2)sc1C(=O)N(C)C. The number of aryl methyl sites for hydroxylation is 1. The maximum Gasteiger partial charge on any atom is 0.282 e. The van der Waals surface area contributed by atoms with Gasteiger partial charge in [-0.1, -0.05) is 12.1 Å². The first kappa shape index (κ1) is 20.9. The molecule has 0 spiro atoms. The second-order valence-electron chi connectivity index (χ2n) is 7.06. The lowest BCUT2D eigenvalue weighted by molar-refractivity contribution is -0.385. The Hall–Kier alpha value is -2.85. The number of thiazole rings is 1. The number of nitro benzene ring substituents is 1. The van der Waals surface area contributed by atoms with Gasteiger partial charge in [0.05, 0.1) is 17.2 Å². The summed E-state index contributed by atoms with van der Waals surface area (Å²) in [7, 11) is 3.43. The second-order valence-corrected chi connectivity index (χ2v) is 8.15. The molecule has 9 nitrogen and oxygen atoms in total. The Morgan fingerprint density at radius 2 is 1.86 bits per heavy atom. The molecular formula is C19H23N5O4S. The van der Waals surface area contributed by atoms with Gasteiger partial charge in [0, 0.05) is 46.3 Å². The average molecular weight is 417 g/mol. The van der Waals surface area contributed by atoms with Crippen molar-refractivity contribution >= 4 is 28.8 Å². The zero-order valence-corrected chi connectivity index (χ0v) is 17.4. The highest BCUT2D eigenvalue weighted by Crippen LogP contribution is 2.23. The van der Waals surface area contributed by atoms with Crippen molar-refractivity contribution < 1.29 is 14.5 Å². The standard InChI is InChI=1S/C19H23N5O4S/c1-13-17(19(26)21(2)3)29-16(20-13)12-22-8-10-23(11-9-22)18(25)14-6-4-5-7-15(14)24(27)28/h4-7H,8-12H2,1-3H3. The van der Waals surface area contributed by atoms with Gasteiger partial charge in [0.2, 0.25) is 0 Å². The minimum atomic E-state index is -0.527. The van der Waals surface area contributed by atoms with Crippen LogP contribution in [0.3, 0.4) is 0 Å². The summed E-state index contributed by atoms with van der Waals surface area (Å²) in [5.74, 6) is -0.368. The Morgan fingerprint density at radius 1 is 1.21 bits per heavy atom. The molecule has 1 aromatic heterocycles. The first-order valence-electron chi connectivity index (χ1n) is 9.21. The van der Waals surface area contributed by atoms with Crippen LogP contribution < -0.4 is 0 Å². The molecule has 0 atom stereocenters. The zero-order valence-electron chi connectivity index (χ0n) is 16.6. The van der Waals surface area contributed by atoms with Crippen molar-refractivity contribution in [3.05, 3.63) is 55.5 Å². The summed E-state index contributed by atoms with van der Waals surface area (Å²) in [5, 5.41) is 12.0. The summed E-state index contributed by atoms with van der Waals surface area (Å²) in [4.78, 5) is 46.1. The largest absolute Gasteiger partial charge is 0.344 e. The molecular weight excluding hydrogens is 394 g/mol. The van der Waals surface area contributed by atoms with Crippen LogP contribution in [-0.2, 0) is 6.54 Å². The number of para-hydroxylation sites is 1. The Kier molecular flexibility index (Phi) is 6.23. The molecule has 1 fully saturated rings. The van der Waals surface area contributed by atoms with Crippen LogP contribution in [0.1, 0.15) is 30.7 Å². The summed E-state index contributed by atoms with van der Waals surface area (Å²) in [6.07, 6.45) is 0. The third kappa shape index (κ3) is 4.60. The number of hydrogen-bond acceptors (Lipinski definition) is 7. The molecule has 0 radical (unpaired) electrons. The summed E-state index contributed by atoms with van der Waals surface area (Å²) in [5.41, 5.74) is 0.679. The van der Waals surface area contributed by atoms with E-state index in [0.29, 0.717) is 37.6 Å². The van der Waals surface area contributed by atoms with E-state index in [4.69, 9.17) is 0 Å². The molecule has 10 heteroatoms. The Bertz CT molecular complexity index is 934. The number of aromatic nitrogens is 1. The molecule has 3 rings (SSSR count). The number of carbonyl (C=O) groups excluding carboxylic acids is 2. The highest BCUT2D eigenvalue weighted by Gasteiger charge is 2.27. The van der Waals surface area contributed by atoms with Crippen LogP contribution in [0.25, 0.3) is 0 Å². The molecule has 2 aromatic rings. The quantitative estimate of drug-likeness (QED) is 0.545. The fourth-order valence-corrected chi connectivity index (χ4v) is 4.33. The molecule has 1 saturated heterocycles. The highest BCUT2D eigenvalue weighted by atomic mass is 32.1. The number of piperazine rings is 1. The summed E-state index contributed by atoms with van der Waals surface area (Å²) in [6, 6.07) is 6.03. The number of rotatable bonds is 5. The number of amides is 2. The van der Waals surface area contributed by atoms with Gasteiger partial charge in [-0.05, 0) is 13.0 Å². The van der Waals surface area contributed by atoms with E-state index < -0.39 is 4.92 Å². The minimum absolute atomic E-state index is 0.0499. The molecule has 1 aliphatic rings. The van der Waals surface area contributed by atoms with Crippen molar-refractivity contribution in [2.24, 2.45) is 0 Å². The number of carbonyl (C=O) groups is 2. The molecule has 1 aromatic carbocycles. The lowest BCUT2D eigenvalue weighted by Gasteiger charge is -2.34. The Labute approximate surface area is 172 Å². The molecule has 0 unspecified atom stereocenters. The molecule has 29 heavy (non-hydrogen) atoms. The summed E-state index contributed by atoms with van der Waals surface area (Å²) in [6.45, 7) is 4.70. The van der Waals surface area contributed by atoms with Crippen LogP contribution in [0, 0.1) is 17.0 Å². The Morgan fingerprint density at radius 3 is 2.48 bits per heavy atom. The smallest absolute Gasteiger partial charge is 0.282 e. The van der Waals surface area contributed by atoms with Gasteiger partial charge in [0.25, 0.3) is 17.5 Å². The van der Waals surface area contributed by atoms with Crippen LogP contribution >= 0.6 is 11.3 Å². The third-order valence-electron chi connectivity index (χ3n) is 4.79. The normalized spacial score (nSPS) is 14.7. The fraction of sp³-hybridized carbons (Fsp3) is 0.421. The van der Waals surface area contributed by atoms with E-state index in [2.05, 4.69) is 9.88 Å². The maximum absolute atomic E-state index is 12.7. The minimum Gasteiger partial charge on any atom is -0.344 e. The van der Waals surface area contributed by atoms with Crippen LogP contribution in [0.2, 0.25) is 0 Å². The van der Waals surface area contributed by atoms with E-state index in [1.807, 2.05) is 6.92 Å². The number of nitrogens with zero attached hydrogens (tertiary/aromatic N) is 5. The van der Waals surface area contributed by atoms with Crippen molar-refractivity contribution in [1.82, 2.24) is 19.7 Å². The number of benzene rings is 1. The average Bonchev–Trinajstić information content (AvgIpc) is 3.07. The van der Waals surface area contributed by atoms with Crippen LogP contribution in [0.4, 0.5) is 5.69 Å². The molecule has 1 aliphatic heterocycles. The Balaban J connectivity index is 1.62. The fourth-order valence-electron chi connectivity index (χ4n) is 3.21. The predicted octanol–water partition coefficient (Wildman–Crippen LogP) is 2.02. The molecule has 0 bridgehead atoms. The topological polar surface area (TPSA) is 99.9 Å². The molecule has 2 heterocycles.